The molecular weight excluding hydrogens is 409 g/mol. The van der Waals surface area contributed by atoms with Crippen molar-refractivity contribution < 1.29 is 37.9 Å². The summed E-state index contributed by atoms with van der Waals surface area (Å²) in [6, 6.07) is 17.6. The van der Waals surface area contributed by atoms with Gasteiger partial charge in [-0.3, -0.25) is 4.99 Å². The number of ether oxygens (including phenoxy) is 3. The standard InChI is InChI=1S/C27H30NO4.Li/c1-4-5-11-19-17-16-18-12-9-10-15-21(18)22(19)26-28-23(25(30-2)27(29)31-3)24(32-26)20-13-7-6-8-14-20;/h6-10,12-17,19,23-25H,4-5,11H2,1-3H3;/q-1;+1/t19-,23+,24-,25?;/m0./s1. The summed E-state index contributed by atoms with van der Waals surface area (Å²) in [6.07, 6.45) is 6.40. The topological polar surface area (TPSA) is 57.1 Å². The van der Waals surface area contributed by atoms with Crippen LogP contribution in [0.3, 0.4) is 0 Å². The summed E-state index contributed by atoms with van der Waals surface area (Å²) in [6.45, 7) is 2.20. The molecule has 6 heteroatoms. The molecule has 0 amide bonds. The first-order valence-corrected chi connectivity index (χ1v) is 11.2. The van der Waals surface area contributed by atoms with Crippen LogP contribution in [0.25, 0.3) is 6.08 Å². The van der Waals surface area contributed by atoms with Gasteiger partial charge in [0.1, 0.15) is 12.1 Å². The predicted octanol–water partition coefficient (Wildman–Crippen LogP) is 2.17. The first-order valence-electron chi connectivity index (χ1n) is 11.2. The van der Waals surface area contributed by atoms with Gasteiger partial charge in [0.05, 0.1) is 7.11 Å². The van der Waals surface area contributed by atoms with Crippen molar-refractivity contribution in [3.63, 3.8) is 0 Å². The number of rotatable bonds is 8. The summed E-state index contributed by atoms with van der Waals surface area (Å²) in [5.74, 6) is 1.42. The quantitative estimate of drug-likeness (QED) is 0.360. The predicted molar refractivity (Wildman–Crippen MR) is 125 cm³/mol. The average molecular weight is 439 g/mol. The minimum Gasteiger partial charge on any atom is -0.477 e. The van der Waals surface area contributed by atoms with E-state index in [1.165, 1.54) is 14.2 Å². The third-order valence-electron chi connectivity index (χ3n) is 6.17. The van der Waals surface area contributed by atoms with Crippen LogP contribution in [0.15, 0.2) is 65.7 Å². The Morgan fingerprint density at radius 2 is 1.85 bits per heavy atom. The number of hydrogen-bond acceptors (Lipinski definition) is 5. The van der Waals surface area contributed by atoms with Crippen molar-refractivity contribution in [2.45, 2.75) is 44.4 Å². The van der Waals surface area contributed by atoms with Gasteiger partial charge in [-0.1, -0.05) is 74.6 Å². The van der Waals surface area contributed by atoms with E-state index < -0.39 is 24.2 Å². The van der Waals surface area contributed by atoms with E-state index in [1.807, 2.05) is 42.5 Å². The van der Waals surface area contributed by atoms with E-state index in [1.54, 1.807) is 0 Å². The molecule has 0 saturated heterocycles. The molecule has 4 rings (SSSR count). The van der Waals surface area contributed by atoms with Crippen LogP contribution in [-0.4, -0.2) is 38.2 Å². The van der Waals surface area contributed by atoms with Gasteiger partial charge < -0.3 is 14.2 Å². The summed E-state index contributed by atoms with van der Waals surface area (Å²) in [4.78, 5) is 17.5. The normalized spacial score (nSPS) is 22.0. The molecular formula is C27H30LiNO4. The zero-order chi connectivity index (χ0) is 22.5. The second-order valence-corrected chi connectivity index (χ2v) is 8.16. The van der Waals surface area contributed by atoms with Crippen LogP contribution in [0.5, 0.6) is 0 Å². The molecule has 1 aliphatic carbocycles. The number of methoxy groups -OCH3 is 2. The van der Waals surface area contributed by atoms with Crippen LogP contribution in [0.2, 0.25) is 0 Å². The molecule has 1 heterocycles. The number of fused-ring (bicyclic) bond motifs is 1. The fourth-order valence-electron chi connectivity index (χ4n) is 4.52. The van der Waals surface area contributed by atoms with Crippen LogP contribution >= 0.6 is 0 Å². The number of unbranched alkanes of at least 4 members (excludes halogenated alkanes) is 1. The van der Waals surface area contributed by atoms with Crippen LogP contribution in [0, 0.1) is 11.8 Å². The van der Waals surface area contributed by atoms with Crippen LogP contribution in [0.4, 0.5) is 0 Å². The van der Waals surface area contributed by atoms with E-state index in [-0.39, 0.29) is 24.8 Å². The van der Waals surface area contributed by atoms with Gasteiger partial charge >= 0.3 is 24.8 Å². The second kappa shape index (κ2) is 11.6. The van der Waals surface area contributed by atoms with Gasteiger partial charge in [-0.2, -0.15) is 11.6 Å². The van der Waals surface area contributed by atoms with Gasteiger partial charge in [-0.15, -0.1) is 23.8 Å². The molecule has 0 saturated carbocycles. The Morgan fingerprint density at radius 3 is 2.55 bits per heavy atom. The Labute approximate surface area is 208 Å². The van der Waals surface area contributed by atoms with Gasteiger partial charge in [0.2, 0.25) is 0 Å². The van der Waals surface area contributed by atoms with Crippen molar-refractivity contribution in [3.05, 3.63) is 83.3 Å². The Bertz CT molecular complexity index is 991. The van der Waals surface area contributed by atoms with Gasteiger partial charge in [0.25, 0.3) is 0 Å². The molecule has 2 aromatic rings. The molecule has 1 aliphatic heterocycles. The number of nitrogens with zero attached hydrogens (tertiary/aromatic N) is 1. The zero-order valence-electron chi connectivity index (χ0n) is 19.9. The fourth-order valence-corrected chi connectivity index (χ4v) is 4.52. The van der Waals surface area contributed by atoms with Crippen LogP contribution < -0.4 is 18.9 Å². The maximum absolute atomic E-state index is 12.5. The van der Waals surface area contributed by atoms with Crippen molar-refractivity contribution in [3.8, 4) is 0 Å². The van der Waals surface area contributed by atoms with E-state index in [9.17, 15) is 4.79 Å². The van der Waals surface area contributed by atoms with Crippen molar-refractivity contribution in [2.75, 3.05) is 14.2 Å². The van der Waals surface area contributed by atoms with Crippen molar-refractivity contribution in [1.82, 2.24) is 0 Å². The van der Waals surface area contributed by atoms with Gasteiger partial charge in [0.15, 0.2) is 12.0 Å². The number of esters is 1. The maximum Gasteiger partial charge on any atom is 1.00 e. The zero-order valence-corrected chi connectivity index (χ0v) is 19.9. The fraction of sp³-hybridized carbons (Fsp3) is 0.370. The van der Waals surface area contributed by atoms with E-state index in [0.29, 0.717) is 5.90 Å². The van der Waals surface area contributed by atoms with Crippen LogP contribution in [-0.2, 0) is 19.0 Å². The summed E-state index contributed by atoms with van der Waals surface area (Å²) in [7, 11) is 2.87. The number of benzene rings is 2. The monoisotopic (exact) mass is 439 g/mol. The smallest absolute Gasteiger partial charge is 0.477 e. The van der Waals surface area contributed by atoms with Crippen molar-refractivity contribution in [2.24, 2.45) is 10.9 Å². The molecule has 33 heavy (non-hydrogen) atoms. The first-order chi connectivity index (χ1) is 15.7. The molecule has 0 radical (unpaired) electrons. The molecule has 168 valence electrons. The summed E-state index contributed by atoms with van der Waals surface area (Å²) in [5.41, 5.74) is 3.24. The number of carbonyl (C=O) groups is 1. The molecule has 2 aliphatic rings. The van der Waals surface area contributed by atoms with Crippen molar-refractivity contribution >= 4 is 17.9 Å². The molecule has 0 fully saturated rings. The third-order valence-corrected chi connectivity index (χ3v) is 6.17. The first kappa shape index (κ1) is 25.2. The number of allylic oxidation sites excluding steroid dienone is 1. The molecule has 0 N–H and O–H groups in total. The van der Waals surface area contributed by atoms with E-state index in [2.05, 4.69) is 31.2 Å². The Hall–Kier alpha value is -2.45. The second-order valence-electron chi connectivity index (χ2n) is 8.16. The third kappa shape index (κ3) is 5.22. The van der Waals surface area contributed by atoms with Gasteiger partial charge in [-0.25, -0.2) is 4.79 Å². The maximum atomic E-state index is 12.5. The molecule has 4 atom stereocenters. The Balaban J connectivity index is 0.00000306. The van der Waals surface area contributed by atoms with Crippen LogP contribution in [0.1, 0.15) is 49.0 Å². The largest absolute Gasteiger partial charge is 1.00 e. The van der Waals surface area contributed by atoms with Crippen molar-refractivity contribution in [1.29, 1.82) is 0 Å². The minimum absolute atomic E-state index is 0. The molecule has 1 unspecified atom stereocenters. The van der Waals surface area contributed by atoms with E-state index >= 15 is 0 Å². The summed E-state index contributed by atoms with van der Waals surface area (Å²) >= 11 is 0. The molecule has 5 nitrogen and oxygen atoms in total. The number of hydrogen-bond donors (Lipinski definition) is 0. The molecule has 0 bridgehead atoms. The Morgan fingerprint density at radius 1 is 1.12 bits per heavy atom. The van der Waals surface area contributed by atoms with Gasteiger partial charge in [-0.05, 0) is 11.5 Å². The summed E-state index contributed by atoms with van der Waals surface area (Å²) < 4.78 is 17.1. The van der Waals surface area contributed by atoms with Gasteiger partial charge in [0, 0.05) is 7.11 Å². The minimum atomic E-state index is -0.855. The molecule has 0 aromatic heterocycles. The SMILES string of the molecule is CCCC[C@H]1C=Cc2ccccc2[C-]1C1=N[C@@H](C(OC)C(=O)OC)[C@H](c2ccccc2)O1.[Li+]. The number of carbonyl (C=O) groups excluding carboxylic acids is 1. The van der Waals surface area contributed by atoms with E-state index in [4.69, 9.17) is 19.2 Å². The Kier molecular flexibility index (Phi) is 8.86. The van der Waals surface area contributed by atoms with E-state index in [0.717, 1.165) is 41.9 Å². The summed E-state index contributed by atoms with van der Waals surface area (Å²) in [5, 5.41) is 0. The molecule has 0 spiro atoms. The number of aliphatic imine (C=N–C) groups is 1. The average Bonchev–Trinajstić information content (AvgIpc) is 3.27. The molecule has 2 aromatic carbocycles.